The van der Waals surface area contributed by atoms with E-state index in [0.717, 1.165) is 22.3 Å². The Morgan fingerprint density at radius 3 is 0.853 bits per heavy atom. The summed E-state index contributed by atoms with van der Waals surface area (Å²) in [5.74, 6) is 0. The monoisotopic (exact) mass is 981 g/mol. The van der Waals surface area contributed by atoms with Gasteiger partial charge in [-0.05, 0) is 58.8 Å². The van der Waals surface area contributed by atoms with Crippen molar-refractivity contribution >= 4 is 67.4 Å². The smallest absolute Gasteiger partial charge is 0.418 e. The van der Waals surface area contributed by atoms with Crippen LogP contribution in [0, 0.1) is 22.7 Å². The van der Waals surface area contributed by atoms with Crippen LogP contribution in [0.15, 0.2) is 241 Å². The minimum atomic E-state index is -6.00. The van der Waals surface area contributed by atoms with Crippen LogP contribution in [-0.4, -0.2) is 19.7 Å². The normalized spacial score (nSPS) is 11.6. The molecule has 4 nitrogen and oxygen atoms in total. The van der Waals surface area contributed by atoms with Gasteiger partial charge in [-0.25, -0.2) is 0 Å². The van der Waals surface area contributed by atoms with Gasteiger partial charge in [0.2, 0.25) is 0 Å². The topological polar surface area (TPSA) is 72.3 Å². The van der Waals surface area contributed by atoms with Gasteiger partial charge < -0.3 is 17.3 Å². The Balaban J connectivity index is 0.000000763. The van der Waals surface area contributed by atoms with Crippen molar-refractivity contribution in [2.24, 2.45) is 9.98 Å². The maximum atomic E-state index is 9.75. The molecular weight excluding hydrogens is 933 g/mol. The van der Waals surface area contributed by atoms with Crippen molar-refractivity contribution < 1.29 is 34.3 Å². The second-order valence-electron chi connectivity index (χ2n) is 14.3. The van der Waals surface area contributed by atoms with Crippen molar-refractivity contribution in [1.29, 1.82) is 10.5 Å². The Kier molecular flexibility index (Phi) is 23.0. The second kappa shape index (κ2) is 29.1. The van der Waals surface area contributed by atoms with Gasteiger partial charge in [0.1, 0.15) is 12.1 Å². The average Bonchev–Trinajstić information content (AvgIpc) is 3.35. The summed E-state index contributed by atoms with van der Waals surface area (Å²) in [7, 11) is -7.63. The fraction of sp³-hybridized carbons (Fsp3) is 0.0714. The fourth-order valence-electron chi connectivity index (χ4n) is 7.08. The maximum Gasteiger partial charge on any atom is 0.673 e. The van der Waals surface area contributed by atoms with Crippen LogP contribution in [0.5, 0.6) is 0 Å². The van der Waals surface area contributed by atoms with Gasteiger partial charge in [0.25, 0.3) is 0 Å². The first-order chi connectivity index (χ1) is 32.7. The largest absolute Gasteiger partial charge is 0.673 e. The third kappa shape index (κ3) is 16.8. The van der Waals surface area contributed by atoms with Gasteiger partial charge in [-0.1, -0.05) is 231 Å². The zero-order valence-corrected chi connectivity index (χ0v) is 40.3. The first-order valence-corrected chi connectivity index (χ1v) is 24.0. The van der Waals surface area contributed by atoms with E-state index in [1.165, 1.54) is 45.7 Å². The van der Waals surface area contributed by atoms with E-state index in [1.807, 2.05) is 0 Å². The molecule has 0 heterocycles. The molecule has 2 atom stereocenters. The molecule has 12 heteroatoms. The minimum Gasteiger partial charge on any atom is -0.418 e. The molecule has 0 fully saturated rings. The van der Waals surface area contributed by atoms with Crippen molar-refractivity contribution in [3.63, 3.8) is 0 Å². The van der Waals surface area contributed by atoms with Crippen molar-refractivity contribution in [3.05, 3.63) is 253 Å². The van der Waals surface area contributed by atoms with E-state index in [0.29, 0.717) is 0 Å². The Bertz CT molecular complexity index is 2540. The third-order valence-electron chi connectivity index (χ3n) is 9.74. The first kappa shape index (κ1) is 53.9. The van der Waals surface area contributed by atoms with Gasteiger partial charge in [-0.2, -0.15) is 10.5 Å². The molecule has 0 aliphatic rings. The number of aliphatic imine (C=N–C) groups is 2. The third-order valence-corrected chi connectivity index (χ3v) is 14.8. The van der Waals surface area contributed by atoms with E-state index in [-0.39, 0.29) is 29.2 Å². The SMILES string of the molecule is C(=N[C@H](c1ccccc1)[C@H](N=Cc1ccccc1P(c1ccccc1)c1ccccc1)c1ccccc1)c1ccccc1P(c1ccccc1)c1ccccc1.CC#N.CC#N.F[B-](F)(F)F.[Fe]. The minimum absolute atomic E-state index is 0. The fourth-order valence-corrected chi connectivity index (χ4v) is 11.9. The molecule has 342 valence electrons. The molecule has 0 radical (unpaired) electrons. The van der Waals surface area contributed by atoms with Crippen LogP contribution < -0.4 is 31.8 Å². The number of nitriles is 2. The Morgan fingerprint density at radius 2 is 0.603 bits per heavy atom. The summed E-state index contributed by atoms with van der Waals surface area (Å²) in [5.41, 5.74) is 4.46. The number of rotatable bonds is 13. The zero-order valence-electron chi connectivity index (χ0n) is 37.4. The van der Waals surface area contributed by atoms with Crippen LogP contribution in [0.25, 0.3) is 0 Å². The predicted octanol–water partition coefficient (Wildman–Crippen LogP) is 12.6. The van der Waals surface area contributed by atoms with Crippen LogP contribution in [0.1, 0.15) is 48.2 Å². The van der Waals surface area contributed by atoms with E-state index < -0.39 is 23.1 Å². The molecule has 0 spiro atoms. The van der Waals surface area contributed by atoms with Gasteiger partial charge in [0, 0.05) is 54.5 Å². The van der Waals surface area contributed by atoms with Gasteiger partial charge >= 0.3 is 7.25 Å². The quantitative estimate of drug-likeness (QED) is 0.0500. The van der Waals surface area contributed by atoms with Crippen molar-refractivity contribution in [3.8, 4) is 12.1 Å². The van der Waals surface area contributed by atoms with E-state index in [1.54, 1.807) is 12.1 Å². The molecule has 0 saturated carbocycles. The molecule has 8 aromatic carbocycles. The van der Waals surface area contributed by atoms with Crippen molar-refractivity contribution in [2.45, 2.75) is 25.9 Å². The van der Waals surface area contributed by atoms with E-state index >= 15 is 0 Å². The van der Waals surface area contributed by atoms with E-state index in [4.69, 9.17) is 20.5 Å². The molecule has 0 aliphatic heterocycles. The zero-order chi connectivity index (χ0) is 47.7. The Hall–Kier alpha value is -6.76. The average molecular weight is 982 g/mol. The van der Waals surface area contributed by atoms with Gasteiger partial charge in [0.15, 0.2) is 0 Å². The van der Waals surface area contributed by atoms with Crippen LogP contribution in [0.2, 0.25) is 0 Å². The van der Waals surface area contributed by atoms with Crippen LogP contribution in [0.4, 0.5) is 17.3 Å². The van der Waals surface area contributed by atoms with E-state index in [2.05, 4.69) is 243 Å². The Morgan fingerprint density at radius 1 is 0.397 bits per heavy atom. The summed E-state index contributed by atoms with van der Waals surface area (Å²) in [5, 5.41) is 22.4. The Labute approximate surface area is 410 Å². The number of hydrogen-bond donors (Lipinski definition) is 0. The predicted molar refractivity (Wildman–Crippen MR) is 277 cm³/mol. The first-order valence-electron chi connectivity index (χ1n) is 21.3. The molecule has 0 bridgehead atoms. The number of benzene rings is 8. The second-order valence-corrected chi connectivity index (χ2v) is 18.7. The summed E-state index contributed by atoms with van der Waals surface area (Å²) in [6.45, 7) is 2.86. The van der Waals surface area contributed by atoms with Gasteiger partial charge in [0.05, 0.1) is 12.1 Å². The summed E-state index contributed by atoms with van der Waals surface area (Å²) in [4.78, 5) is 11.0. The molecule has 8 aromatic rings. The van der Waals surface area contributed by atoms with Crippen LogP contribution in [-0.2, 0) is 17.1 Å². The van der Waals surface area contributed by atoms with Gasteiger partial charge in [-0.15, -0.1) is 0 Å². The number of nitrogens with zero attached hydrogens (tertiary/aromatic N) is 4. The molecular formula is C56H48BF4FeN4P2-. The van der Waals surface area contributed by atoms with Crippen LogP contribution in [0.3, 0.4) is 0 Å². The van der Waals surface area contributed by atoms with E-state index in [9.17, 15) is 17.3 Å². The number of halogens is 4. The molecule has 0 amide bonds. The maximum absolute atomic E-state index is 9.75. The molecule has 0 aromatic heterocycles. The molecule has 68 heavy (non-hydrogen) atoms. The molecule has 0 saturated heterocycles. The standard InChI is InChI=1S/C52H42N2P2.2C2H3N.BF4.Fe/c1-7-23-41(24-8-1)51(53-39-43-27-19-21-37-49(43)55(45-29-11-3-12-30-45)46-31-13-4-14-32-46)52(42-25-9-2-10-26-42)54-40-44-28-20-22-38-50(44)56(47-33-15-5-16-34-47)48-35-17-6-18-36-48;2*1-2-3;2-1(3,4)5;/h1-40,51-52H;2*1H3;;/q;;;-1;/t51-,52-;;;;/m1..../s1. The van der Waals surface area contributed by atoms with Crippen molar-refractivity contribution in [1.82, 2.24) is 0 Å². The molecule has 0 N–H and O–H groups in total. The van der Waals surface area contributed by atoms with Crippen molar-refractivity contribution in [2.75, 3.05) is 0 Å². The molecule has 0 aliphatic carbocycles. The van der Waals surface area contributed by atoms with Crippen LogP contribution >= 0.6 is 15.8 Å². The summed E-state index contributed by atoms with van der Waals surface area (Å²) in [6, 6.07) is 85.1. The van der Waals surface area contributed by atoms with Gasteiger partial charge in [-0.3, -0.25) is 9.98 Å². The summed E-state index contributed by atoms with van der Waals surface area (Å²) < 4.78 is 39.0. The molecule has 0 unspecified atom stereocenters. The molecule has 8 rings (SSSR count). The summed E-state index contributed by atoms with van der Waals surface area (Å²) >= 11 is 0. The number of hydrogen-bond acceptors (Lipinski definition) is 4. The summed E-state index contributed by atoms with van der Waals surface area (Å²) in [6.07, 6.45) is 4.19.